The average Bonchev–Trinajstić information content (AvgIpc) is 3.00. The van der Waals surface area contributed by atoms with Gasteiger partial charge in [-0.05, 0) is 49.7 Å². The quantitative estimate of drug-likeness (QED) is 0.611. The molecule has 146 valence electrons. The van der Waals surface area contributed by atoms with Crippen LogP contribution in [-0.4, -0.2) is 31.3 Å². The first-order chi connectivity index (χ1) is 13.1. The van der Waals surface area contributed by atoms with Crippen molar-refractivity contribution in [1.82, 2.24) is 3.97 Å². The van der Waals surface area contributed by atoms with Crippen LogP contribution in [0.4, 0.5) is 4.39 Å². The Labute approximate surface area is 161 Å². The summed E-state index contributed by atoms with van der Waals surface area (Å²) < 4.78 is 46.4. The van der Waals surface area contributed by atoms with Crippen molar-refractivity contribution >= 4 is 32.7 Å². The molecule has 6 nitrogen and oxygen atoms in total. The van der Waals surface area contributed by atoms with E-state index in [0.717, 1.165) is 22.7 Å². The van der Waals surface area contributed by atoms with Crippen LogP contribution >= 0.6 is 0 Å². The van der Waals surface area contributed by atoms with E-state index < -0.39 is 21.8 Å². The van der Waals surface area contributed by atoms with Crippen LogP contribution in [0.2, 0.25) is 0 Å². The number of ether oxygens (including phenoxy) is 1. The molecule has 0 atom stereocenters. The van der Waals surface area contributed by atoms with Crippen LogP contribution in [0.3, 0.4) is 0 Å². The van der Waals surface area contributed by atoms with Gasteiger partial charge in [0.15, 0.2) is 0 Å². The van der Waals surface area contributed by atoms with Crippen LogP contribution in [0.1, 0.15) is 28.5 Å². The van der Waals surface area contributed by atoms with Crippen molar-refractivity contribution in [3.05, 3.63) is 65.1 Å². The Bertz CT molecular complexity index is 1190. The van der Waals surface area contributed by atoms with E-state index in [1.54, 1.807) is 12.1 Å². The maximum absolute atomic E-state index is 14.3. The summed E-state index contributed by atoms with van der Waals surface area (Å²) in [4.78, 5) is 23.6. The summed E-state index contributed by atoms with van der Waals surface area (Å²) >= 11 is 0. The fourth-order valence-corrected chi connectivity index (χ4v) is 4.47. The van der Waals surface area contributed by atoms with Gasteiger partial charge in [0.05, 0.1) is 17.5 Å². The lowest BCUT2D eigenvalue weighted by molar-refractivity contribution is -0.116. The molecule has 0 spiro atoms. The molecule has 1 aromatic heterocycles. The van der Waals surface area contributed by atoms with Crippen molar-refractivity contribution in [1.29, 1.82) is 0 Å². The second kappa shape index (κ2) is 7.20. The molecule has 3 rings (SSSR count). The SMILES string of the molecule is COC(=O)c1cc2cc(F)c(CC(C)=O)cc2n1S(=O)(=O)c1ccc(C)cc1. The number of Topliss-reactive ketones (excluding diaryl/α,β-unsaturated/α-hetero) is 1. The fourth-order valence-electron chi connectivity index (χ4n) is 2.97. The number of hydrogen-bond donors (Lipinski definition) is 0. The van der Waals surface area contributed by atoms with E-state index in [2.05, 4.69) is 0 Å². The van der Waals surface area contributed by atoms with Crippen molar-refractivity contribution in [2.45, 2.75) is 25.2 Å². The van der Waals surface area contributed by atoms with Crippen molar-refractivity contribution < 1.29 is 27.1 Å². The van der Waals surface area contributed by atoms with E-state index in [1.165, 1.54) is 31.2 Å². The number of benzene rings is 2. The number of aromatic nitrogens is 1. The Hall–Kier alpha value is -3.00. The van der Waals surface area contributed by atoms with E-state index in [0.29, 0.717) is 0 Å². The van der Waals surface area contributed by atoms with Gasteiger partial charge in [-0.25, -0.2) is 21.6 Å². The van der Waals surface area contributed by atoms with E-state index >= 15 is 0 Å². The van der Waals surface area contributed by atoms with Gasteiger partial charge in [-0.2, -0.15) is 0 Å². The van der Waals surface area contributed by atoms with Gasteiger partial charge in [0, 0.05) is 11.8 Å². The molecular weight excluding hydrogens is 385 g/mol. The molecule has 0 saturated heterocycles. The molecule has 8 heteroatoms. The highest BCUT2D eigenvalue weighted by atomic mass is 32.2. The number of aryl methyl sites for hydroxylation is 1. The van der Waals surface area contributed by atoms with Gasteiger partial charge in [-0.15, -0.1) is 0 Å². The Balaban J connectivity index is 2.36. The molecule has 2 aromatic carbocycles. The summed E-state index contributed by atoms with van der Waals surface area (Å²) in [5.74, 6) is -1.80. The van der Waals surface area contributed by atoms with Gasteiger partial charge in [0.25, 0.3) is 10.0 Å². The number of fused-ring (bicyclic) bond motifs is 1. The summed E-state index contributed by atoms with van der Waals surface area (Å²) in [5, 5.41) is 0.209. The molecule has 1 heterocycles. The lowest BCUT2D eigenvalue weighted by Crippen LogP contribution is -2.19. The number of esters is 1. The summed E-state index contributed by atoms with van der Waals surface area (Å²) in [6.07, 6.45) is -0.189. The Morgan fingerprint density at radius 1 is 1.11 bits per heavy atom. The molecule has 0 bridgehead atoms. The second-order valence-electron chi connectivity index (χ2n) is 6.48. The molecule has 0 radical (unpaired) electrons. The third-order valence-electron chi connectivity index (χ3n) is 4.32. The van der Waals surface area contributed by atoms with Gasteiger partial charge < -0.3 is 4.74 Å². The summed E-state index contributed by atoms with van der Waals surface area (Å²) in [5.41, 5.74) is 0.765. The summed E-state index contributed by atoms with van der Waals surface area (Å²) in [7, 11) is -3.04. The Morgan fingerprint density at radius 3 is 2.32 bits per heavy atom. The van der Waals surface area contributed by atoms with Gasteiger partial charge >= 0.3 is 5.97 Å². The first-order valence-electron chi connectivity index (χ1n) is 8.39. The lowest BCUT2D eigenvalue weighted by Gasteiger charge is -2.12. The maximum Gasteiger partial charge on any atom is 0.355 e. The standard InChI is InChI=1S/C20H18FNO5S/c1-12-4-6-16(7-5-12)28(25,26)22-18-10-14(8-13(2)23)17(21)9-15(18)11-19(22)20(24)27-3/h4-7,9-11H,8H2,1-3H3. The van der Waals surface area contributed by atoms with Crippen LogP contribution in [0.15, 0.2) is 47.4 Å². The van der Waals surface area contributed by atoms with E-state index in [9.17, 15) is 22.4 Å². The van der Waals surface area contributed by atoms with Crippen LogP contribution in [0.25, 0.3) is 10.9 Å². The Morgan fingerprint density at radius 2 is 1.75 bits per heavy atom. The largest absolute Gasteiger partial charge is 0.464 e. The topological polar surface area (TPSA) is 82.4 Å². The number of hydrogen-bond acceptors (Lipinski definition) is 5. The average molecular weight is 403 g/mol. The van der Waals surface area contributed by atoms with Crippen LogP contribution in [-0.2, 0) is 26.0 Å². The second-order valence-corrected chi connectivity index (χ2v) is 8.27. The van der Waals surface area contributed by atoms with Crippen LogP contribution < -0.4 is 0 Å². The molecule has 0 N–H and O–H groups in total. The highest BCUT2D eigenvalue weighted by Gasteiger charge is 2.27. The third kappa shape index (κ3) is 3.43. The van der Waals surface area contributed by atoms with Gasteiger partial charge in [-0.1, -0.05) is 17.7 Å². The zero-order chi connectivity index (χ0) is 20.6. The molecule has 0 aliphatic rings. The Kier molecular flexibility index (Phi) is 5.08. The predicted octanol–water partition coefficient (Wildman–Crippen LogP) is 3.24. The normalized spacial score (nSPS) is 11.6. The van der Waals surface area contributed by atoms with Gasteiger partial charge in [0.2, 0.25) is 0 Å². The molecule has 0 saturated carbocycles. The van der Waals surface area contributed by atoms with Crippen molar-refractivity contribution in [2.75, 3.05) is 7.11 Å². The van der Waals surface area contributed by atoms with Crippen molar-refractivity contribution in [3.63, 3.8) is 0 Å². The fraction of sp³-hybridized carbons (Fsp3) is 0.200. The third-order valence-corrected chi connectivity index (χ3v) is 6.06. The molecule has 0 amide bonds. The first-order valence-corrected chi connectivity index (χ1v) is 9.83. The molecular formula is C20H18FNO5S. The number of ketones is 1. The van der Waals surface area contributed by atoms with Crippen molar-refractivity contribution in [2.24, 2.45) is 0 Å². The zero-order valence-electron chi connectivity index (χ0n) is 15.5. The number of rotatable bonds is 5. The highest BCUT2D eigenvalue weighted by Crippen LogP contribution is 2.29. The minimum atomic E-state index is -4.17. The lowest BCUT2D eigenvalue weighted by atomic mass is 10.1. The highest BCUT2D eigenvalue weighted by molar-refractivity contribution is 7.90. The number of carbonyl (C=O) groups excluding carboxylic acids is 2. The molecule has 0 aliphatic carbocycles. The summed E-state index contributed by atoms with van der Waals surface area (Å²) in [6, 6.07) is 9.78. The van der Waals surface area contributed by atoms with Crippen molar-refractivity contribution in [3.8, 4) is 0 Å². The van der Waals surface area contributed by atoms with Crippen LogP contribution in [0.5, 0.6) is 0 Å². The summed E-state index contributed by atoms with van der Waals surface area (Å²) in [6.45, 7) is 3.13. The van der Waals surface area contributed by atoms with Crippen LogP contribution in [0, 0.1) is 12.7 Å². The van der Waals surface area contributed by atoms with E-state index in [-0.39, 0.29) is 39.3 Å². The molecule has 0 fully saturated rings. The molecule has 3 aromatic rings. The smallest absolute Gasteiger partial charge is 0.355 e. The van der Waals surface area contributed by atoms with E-state index in [1.807, 2.05) is 6.92 Å². The predicted molar refractivity (Wildman–Crippen MR) is 101 cm³/mol. The minimum Gasteiger partial charge on any atom is -0.464 e. The van der Waals surface area contributed by atoms with E-state index in [4.69, 9.17) is 4.74 Å². The number of halogens is 1. The minimum absolute atomic E-state index is 0.0294. The maximum atomic E-state index is 14.3. The molecule has 28 heavy (non-hydrogen) atoms. The van der Waals surface area contributed by atoms with Gasteiger partial charge in [-0.3, -0.25) is 4.79 Å². The molecule has 0 aliphatic heterocycles. The number of nitrogens with zero attached hydrogens (tertiary/aromatic N) is 1. The zero-order valence-corrected chi connectivity index (χ0v) is 16.3. The molecule has 0 unspecified atom stereocenters. The number of carbonyl (C=O) groups is 2. The monoisotopic (exact) mass is 403 g/mol. The first kappa shape index (κ1) is 19.8. The van der Waals surface area contributed by atoms with Gasteiger partial charge in [0.1, 0.15) is 17.3 Å². The number of methoxy groups -OCH3 is 1.